The van der Waals surface area contributed by atoms with Gasteiger partial charge >= 0.3 is 5.97 Å². The molecule has 0 atom stereocenters. The third-order valence-electron chi connectivity index (χ3n) is 2.56. The number of esters is 1. The quantitative estimate of drug-likeness (QED) is 0.652. The van der Waals surface area contributed by atoms with Crippen molar-refractivity contribution in [2.24, 2.45) is 0 Å². The van der Waals surface area contributed by atoms with E-state index >= 15 is 0 Å². The molecule has 0 saturated heterocycles. The number of nitrogens with one attached hydrogen (secondary N) is 1. The monoisotopic (exact) mass is 251 g/mol. The summed E-state index contributed by atoms with van der Waals surface area (Å²) in [6.45, 7) is 0.597. The molecule has 1 aromatic rings. The number of hydrogen-bond acceptors (Lipinski definition) is 4. The standard InChI is InChI=1S/C12H13NO3S/c1-16-11(14)4-5-17-9-2-3-10-8(6-9)7-13-12(10)15/h2-3,6H,4-5,7H2,1H3,(H,13,15). The molecule has 0 spiro atoms. The van der Waals surface area contributed by atoms with E-state index in [-0.39, 0.29) is 11.9 Å². The molecule has 0 aromatic heterocycles. The first kappa shape index (κ1) is 12.0. The summed E-state index contributed by atoms with van der Waals surface area (Å²) in [4.78, 5) is 23.4. The Kier molecular flexibility index (Phi) is 3.68. The molecule has 0 fully saturated rings. The summed E-state index contributed by atoms with van der Waals surface area (Å²) in [5.41, 5.74) is 1.78. The van der Waals surface area contributed by atoms with E-state index in [1.165, 1.54) is 7.11 Å². The van der Waals surface area contributed by atoms with E-state index in [4.69, 9.17) is 0 Å². The van der Waals surface area contributed by atoms with E-state index in [9.17, 15) is 9.59 Å². The second kappa shape index (κ2) is 5.23. The molecule has 5 heteroatoms. The van der Waals surface area contributed by atoms with E-state index in [0.29, 0.717) is 18.7 Å². The number of carbonyl (C=O) groups is 2. The van der Waals surface area contributed by atoms with Crippen LogP contribution in [0.3, 0.4) is 0 Å². The fourth-order valence-electron chi connectivity index (χ4n) is 1.65. The van der Waals surface area contributed by atoms with Crippen LogP contribution in [0.25, 0.3) is 0 Å². The largest absolute Gasteiger partial charge is 0.469 e. The summed E-state index contributed by atoms with van der Waals surface area (Å²) < 4.78 is 4.57. The Balaban J connectivity index is 1.95. The Morgan fingerprint density at radius 1 is 1.53 bits per heavy atom. The van der Waals surface area contributed by atoms with Gasteiger partial charge in [0.15, 0.2) is 0 Å². The SMILES string of the molecule is COC(=O)CCSc1ccc2c(c1)CNC2=O. The number of rotatable bonds is 4. The van der Waals surface area contributed by atoms with Gasteiger partial charge in [-0.2, -0.15) is 0 Å². The zero-order valence-electron chi connectivity index (χ0n) is 9.49. The van der Waals surface area contributed by atoms with Crippen LogP contribution in [0.5, 0.6) is 0 Å². The molecule has 1 aliphatic rings. The first-order chi connectivity index (χ1) is 8.20. The predicted molar refractivity (Wildman–Crippen MR) is 65.0 cm³/mol. The van der Waals surface area contributed by atoms with Gasteiger partial charge in [0.05, 0.1) is 13.5 Å². The maximum Gasteiger partial charge on any atom is 0.306 e. The lowest BCUT2D eigenvalue weighted by Gasteiger charge is -2.03. The molecule has 1 N–H and O–H groups in total. The molecule has 90 valence electrons. The van der Waals surface area contributed by atoms with Crippen LogP contribution in [0.1, 0.15) is 22.3 Å². The minimum Gasteiger partial charge on any atom is -0.469 e. The van der Waals surface area contributed by atoms with Gasteiger partial charge in [-0.15, -0.1) is 11.8 Å². The molecule has 0 aliphatic carbocycles. The van der Waals surface area contributed by atoms with E-state index in [2.05, 4.69) is 10.1 Å². The molecule has 0 saturated carbocycles. The zero-order valence-corrected chi connectivity index (χ0v) is 10.3. The Morgan fingerprint density at radius 3 is 3.12 bits per heavy atom. The maximum absolute atomic E-state index is 11.3. The molecule has 1 heterocycles. The normalized spacial score (nSPS) is 13.1. The van der Waals surface area contributed by atoms with Gasteiger partial charge in [0.25, 0.3) is 5.91 Å². The van der Waals surface area contributed by atoms with Gasteiger partial charge in [-0.25, -0.2) is 0 Å². The average Bonchev–Trinajstić information content (AvgIpc) is 2.70. The number of benzene rings is 1. The first-order valence-electron chi connectivity index (χ1n) is 5.31. The van der Waals surface area contributed by atoms with Crippen molar-refractivity contribution in [2.75, 3.05) is 12.9 Å². The first-order valence-corrected chi connectivity index (χ1v) is 6.30. The number of thioether (sulfide) groups is 1. The van der Waals surface area contributed by atoms with Crippen LogP contribution in [0.15, 0.2) is 23.1 Å². The van der Waals surface area contributed by atoms with E-state index in [0.717, 1.165) is 16.0 Å². The van der Waals surface area contributed by atoms with Gasteiger partial charge in [-0.1, -0.05) is 0 Å². The minimum absolute atomic E-state index is 0.00823. The topological polar surface area (TPSA) is 55.4 Å². The highest BCUT2D eigenvalue weighted by Crippen LogP contribution is 2.24. The maximum atomic E-state index is 11.3. The smallest absolute Gasteiger partial charge is 0.306 e. The van der Waals surface area contributed by atoms with Gasteiger partial charge in [0.2, 0.25) is 0 Å². The van der Waals surface area contributed by atoms with Crippen molar-refractivity contribution in [3.8, 4) is 0 Å². The van der Waals surface area contributed by atoms with Crippen LogP contribution in [0.2, 0.25) is 0 Å². The van der Waals surface area contributed by atoms with Crippen LogP contribution in [-0.2, 0) is 16.1 Å². The number of amides is 1. The molecular weight excluding hydrogens is 238 g/mol. The van der Waals surface area contributed by atoms with Crippen molar-refractivity contribution in [1.29, 1.82) is 0 Å². The Morgan fingerprint density at radius 2 is 2.35 bits per heavy atom. The number of hydrogen-bond donors (Lipinski definition) is 1. The average molecular weight is 251 g/mol. The van der Waals surface area contributed by atoms with Gasteiger partial charge in [0, 0.05) is 22.8 Å². The highest BCUT2D eigenvalue weighted by atomic mass is 32.2. The Labute approximate surface area is 104 Å². The highest BCUT2D eigenvalue weighted by Gasteiger charge is 2.18. The minimum atomic E-state index is -0.199. The van der Waals surface area contributed by atoms with Crippen molar-refractivity contribution < 1.29 is 14.3 Å². The second-order valence-corrected chi connectivity index (χ2v) is 4.84. The lowest BCUT2D eigenvalue weighted by Crippen LogP contribution is -2.12. The van der Waals surface area contributed by atoms with Gasteiger partial charge in [-0.05, 0) is 23.8 Å². The van der Waals surface area contributed by atoms with Crippen LogP contribution >= 0.6 is 11.8 Å². The lowest BCUT2D eigenvalue weighted by atomic mass is 10.1. The highest BCUT2D eigenvalue weighted by molar-refractivity contribution is 7.99. The van der Waals surface area contributed by atoms with Crippen molar-refractivity contribution in [3.63, 3.8) is 0 Å². The predicted octanol–water partition coefficient (Wildman–Crippen LogP) is 1.59. The Hall–Kier alpha value is -1.49. The molecule has 0 radical (unpaired) electrons. The molecule has 1 amide bonds. The summed E-state index contributed by atoms with van der Waals surface area (Å²) in [6.07, 6.45) is 0.398. The van der Waals surface area contributed by atoms with Gasteiger partial charge in [0.1, 0.15) is 0 Å². The Bertz CT molecular complexity index is 459. The summed E-state index contributed by atoms with van der Waals surface area (Å²) in [5, 5.41) is 2.77. The van der Waals surface area contributed by atoms with E-state index in [1.54, 1.807) is 11.8 Å². The zero-order chi connectivity index (χ0) is 12.3. The third kappa shape index (κ3) is 2.79. The summed E-state index contributed by atoms with van der Waals surface area (Å²) >= 11 is 1.59. The molecule has 0 bridgehead atoms. The second-order valence-electron chi connectivity index (χ2n) is 3.68. The van der Waals surface area contributed by atoms with Crippen LogP contribution < -0.4 is 5.32 Å². The fraction of sp³-hybridized carbons (Fsp3) is 0.333. The van der Waals surface area contributed by atoms with Crippen molar-refractivity contribution >= 4 is 23.6 Å². The van der Waals surface area contributed by atoms with Crippen molar-refractivity contribution in [1.82, 2.24) is 5.32 Å². The van der Waals surface area contributed by atoms with Gasteiger partial charge < -0.3 is 10.1 Å². The number of fused-ring (bicyclic) bond motifs is 1. The van der Waals surface area contributed by atoms with Crippen LogP contribution in [0, 0.1) is 0 Å². The van der Waals surface area contributed by atoms with E-state index < -0.39 is 0 Å². The van der Waals surface area contributed by atoms with Crippen molar-refractivity contribution in [2.45, 2.75) is 17.9 Å². The number of carbonyl (C=O) groups excluding carboxylic acids is 2. The van der Waals surface area contributed by atoms with Crippen LogP contribution in [-0.4, -0.2) is 24.7 Å². The summed E-state index contributed by atoms with van der Waals surface area (Å²) in [5.74, 6) is 0.480. The molecule has 0 unspecified atom stereocenters. The number of methoxy groups -OCH3 is 1. The molecule has 1 aromatic carbocycles. The molecular formula is C12H13NO3S. The lowest BCUT2D eigenvalue weighted by molar-refractivity contribution is -0.140. The molecule has 4 nitrogen and oxygen atoms in total. The molecule has 1 aliphatic heterocycles. The summed E-state index contributed by atoms with van der Waals surface area (Å²) in [7, 11) is 1.39. The van der Waals surface area contributed by atoms with Crippen LogP contribution in [0.4, 0.5) is 0 Å². The fourth-order valence-corrected chi connectivity index (χ4v) is 2.55. The van der Waals surface area contributed by atoms with Gasteiger partial charge in [-0.3, -0.25) is 9.59 Å². The molecule has 17 heavy (non-hydrogen) atoms. The summed E-state index contributed by atoms with van der Waals surface area (Å²) in [6, 6.07) is 5.74. The molecule has 2 rings (SSSR count). The van der Waals surface area contributed by atoms with E-state index in [1.807, 2.05) is 18.2 Å². The number of ether oxygens (including phenoxy) is 1. The van der Waals surface area contributed by atoms with Crippen molar-refractivity contribution in [3.05, 3.63) is 29.3 Å². The third-order valence-corrected chi connectivity index (χ3v) is 3.56.